The number of rotatable bonds is 2. The summed E-state index contributed by atoms with van der Waals surface area (Å²) >= 11 is 0. The molecule has 0 spiro atoms. The van der Waals surface area contributed by atoms with Crippen molar-refractivity contribution in [1.82, 2.24) is 4.98 Å². The average Bonchev–Trinajstić information content (AvgIpc) is 2.40. The maximum absolute atomic E-state index is 13.5. The minimum atomic E-state index is -1.80. The van der Waals surface area contributed by atoms with Crippen molar-refractivity contribution in [1.29, 1.82) is 0 Å². The molecule has 0 aliphatic carbocycles. The summed E-state index contributed by atoms with van der Waals surface area (Å²) in [5.74, 6) is -8.99. The van der Waals surface area contributed by atoms with Crippen molar-refractivity contribution in [2.24, 2.45) is 0 Å². The minimum absolute atomic E-state index is 0.251. The SMILES string of the molecule is O=C(Nc1cccc(F)n1)c1cc(F)c(F)c(O)c1F. The Bertz CT molecular complexity index is 691. The first-order chi connectivity index (χ1) is 9.40. The third kappa shape index (κ3) is 2.53. The van der Waals surface area contributed by atoms with Crippen LogP contribution in [0.25, 0.3) is 0 Å². The molecule has 2 N–H and O–H groups in total. The third-order valence-electron chi connectivity index (χ3n) is 2.33. The topological polar surface area (TPSA) is 62.2 Å². The first kappa shape index (κ1) is 13.8. The van der Waals surface area contributed by atoms with Crippen LogP contribution in [0.4, 0.5) is 23.4 Å². The first-order valence-corrected chi connectivity index (χ1v) is 5.20. The minimum Gasteiger partial charge on any atom is -0.503 e. The molecule has 0 bridgehead atoms. The highest BCUT2D eigenvalue weighted by atomic mass is 19.2. The second-order valence-corrected chi connectivity index (χ2v) is 3.68. The van der Waals surface area contributed by atoms with E-state index in [9.17, 15) is 22.4 Å². The van der Waals surface area contributed by atoms with Gasteiger partial charge in [0.1, 0.15) is 5.82 Å². The Balaban J connectivity index is 2.35. The number of amides is 1. The van der Waals surface area contributed by atoms with Crippen LogP contribution in [-0.2, 0) is 0 Å². The van der Waals surface area contributed by atoms with Crippen LogP contribution in [0.5, 0.6) is 5.75 Å². The van der Waals surface area contributed by atoms with Crippen LogP contribution in [0.2, 0.25) is 0 Å². The zero-order valence-corrected chi connectivity index (χ0v) is 9.62. The number of phenolic OH excluding ortho intramolecular Hbond substituents is 1. The number of nitrogens with one attached hydrogen (secondary N) is 1. The van der Waals surface area contributed by atoms with Gasteiger partial charge < -0.3 is 10.4 Å². The van der Waals surface area contributed by atoms with Gasteiger partial charge in [-0.1, -0.05) is 6.07 Å². The van der Waals surface area contributed by atoms with Crippen molar-refractivity contribution in [3.63, 3.8) is 0 Å². The second kappa shape index (κ2) is 5.16. The largest absolute Gasteiger partial charge is 0.503 e. The Morgan fingerprint density at radius 3 is 2.50 bits per heavy atom. The van der Waals surface area contributed by atoms with Gasteiger partial charge in [0.25, 0.3) is 5.91 Å². The second-order valence-electron chi connectivity index (χ2n) is 3.68. The van der Waals surface area contributed by atoms with E-state index in [2.05, 4.69) is 4.98 Å². The molecular weight excluding hydrogens is 280 g/mol. The molecule has 20 heavy (non-hydrogen) atoms. The number of carbonyl (C=O) groups excluding carboxylic acids is 1. The fraction of sp³-hybridized carbons (Fsp3) is 0. The highest BCUT2D eigenvalue weighted by Crippen LogP contribution is 2.26. The van der Waals surface area contributed by atoms with Crippen LogP contribution >= 0.6 is 0 Å². The lowest BCUT2D eigenvalue weighted by Gasteiger charge is -2.07. The van der Waals surface area contributed by atoms with Gasteiger partial charge in [0.2, 0.25) is 11.8 Å². The molecule has 1 amide bonds. The number of phenols is 1. The lowest BCUT2D eigenvalue weighted by molar-refractivity contribution is 0.102. The molecule has 8 heteroatoms. The summed E-state index contributed by atoms with van der Waals surface area (Å²) in [6.07, 6.45) is 0. The van der Waals surface area contributed by atoms with Crippen molar-refractivity contribution in [2.75, 3.05) is 5.32 Å². The van der Waals surface area contributed by atoms with E-state index in [1.165, 1.54) is 12.1 Å². The number of hydrogen-bond acceptors (Lipinski definition) is 3. The third-order valence-corrected chi connectivity index (χ3v) is 2.33. The summed E-state index contributed by atoms with van der Waals surface area (Å²) in [5.41, 5.74) is -0.938. The van der Waals surface area contributed by atoms with E-state index in [0.29, 0.717) is 0 Å². The number of anilines is 1. The van der Waals surface area contributed by atoms with Crippen molar-refractivity contribution >= 4 is 11.7 Å². The highest BCUT2D eigenvalue weighted by molar-refractivity contribution is 6.04. The molecule has 0 atom stereocenters. The lowest BCUT2D eigenvalue weighted by Crippen LogP contribution is -2.16. The number of pyridine rings is 1. The number of aromatic nitrogens is 1. The molecule has 1 aromatic heterocycles. The first-order valence-electron chi connectivity index (χ1n) is 5.20. The number of carbonyl (C=O) groups is 1. The predicted octanol–water partition coefficient (Wildman–Crippen LogP) is 2.60. The van der Waals surface area contributed by atoms with E-state index >= 15 is 0 Å². The zero-order chi connectivity index (χ0) is 14.9. The van der Waals surface area contributed by atoms with E-state index in [1.54, 1.807) is 0 Å². The monoisotopic (exact) mass is 286 g/mol. The van der Waals surface area contributed by atoms with Gasteiger partial charge in [-0.2, -0.15) is 8.78 Å². The van der Waals surface area contributed by atoms with E-state index < -0.39 is 40.6 Å². The molecule has 0 saturated carbocycles. The molecule has 1 aromatic carbocycles. The molecule has 1 heterocycles. The van der Waals surface area contributed by atoms with Gasteiger partial charge in [-0.15, -0.1) is 0 Å². The fourth-order valence-electron chi connectivity index (χ4n) is 1.42. The van der Waals surface area contributed by atoms with Crippen LogP contribution in [0.15, 0.2) is 24.3 Å². The lowest BCUT2D eigenvalue weighted by atomic mass is 10.1. The number of hydrogen-bond donors (Lipinski definition) is 2. The van der Waals surface area contributed by atoms with Crippen molar-refractivity contribution in [3.8, 4) is 5.75 Å². The van der Waals surface area contributed by atoms with Crippen molar-refractivity contribution in [3.05, 3.63) is 53.2 Å². The van der Waals surface area contributed by atoms with Crippen LogP contribution in [0.3, 0.4) is 0 Å². The van der Waals surface area contributed by atoms with E-state index in [-0.39, 0.29) is 11.9 Å². The molecule has 4 nitrogen and oxygen atoms in total. The van der Waals surface area contributed by atoms with Gasteiger partial charge in [-0.3, -0.25) is 4.79 Å². The maximum atomic E-state index is 13.5. The Kier molecular flexibility index (Phi) is 3.55. The molecule has 2 rings (SSSR count). The predicted molar refractivity (Wildman–Crippen MR) is 60.1 cm³/mol. The Hall–Kier alpha value is -2.64. The molecule has 104 valence electrons. The molecule has 0 fully saturated rings. The Morgan fingerprint density at radius 1 is 1.15 bits per heavy atom. The van der Waals surface area contributed by atoms with E-state index in [4.69, 9.17) is 5.11 Å². The summed E-state index contributed by atoms with van der Waals surface area (Å²) in [6, 6.07) is 3.73. The van der Waals surface area contributed by atoms with Gasteiger partial charge in [0.05, 0.1) is 5.56 Å². The van der Waals surface area contributed by atoms with Crippen LogP contribution in [0.1, 0.15) is 10.4 Å². The Morgan fingerprint density at radius 2 is 1.85 bits per heavy atom. The summed E-state index contributed by atoms with van der Waals surface area (Å²) < 4.78 is 52.1. The van der Waals surface area contributed by atoms with Gasteiger partial charge in [-0.25, -0.2) is 13.8 Å². The molecule has 0 aliphatic heterocycles. The Labute approximate surface area is 109 Å². The smallest absolute Gasteiger partial charge is 0.260 e. The fourth-order valence-corrected chi connectivity index (χ4v) is 1.42. The molecule has 2 aromatic rings. The normalized spacial score (nSPS) is 10.4. The summed E-state index contributed by atoms with van der Waals surface area (Å²) in [6.45, 7) is 0. The number of benzene rings is 1. The number of aromatic hydroxyl groups is 1. The summed E-state index contributed by atoms with van der Waals surface area (Å²) in [5, 5.41) is 11.0. The van der Waals surface area contributed by atoms with Gasteiger partial charge in [-0.05, 0) is 18.2 Å². The average molecular weight is 286 g/mol. The molecule has 0 unspecified atom stereocenters. The number of nitrogens with zero attached hydrogens (tertiary/aromatic N) is 1. The van der Waals surface area contributed by atoms with Gasteiger partial charge >= 0.3 is 0 Å². The molecule has 0 aliphatic rings. The maximum Gasteiger partial charge on any atom is 0.260 e. The molecule has 0 saturated heterocycles. The molecular formula is C12H6F4N2O2. The zero-order valence-electron chi connectivity index (χ0n) is 9.62. The quantitative estimate of drug-likeness (QED) is 0.507. The standard InChI is InChI=1S/C12H6F4N2O2/c13-6-4-5(9(15)11(19)10(6)16)12(20)18-8-3-1-2-7(14)17-8/h1-4,19H,(H,17,18,20). The van der Waals surface area contributed by atoms with E-state index in [1.807, 2.05) is 5.32 Å². The van der Waals surface area contributed by atoms with Crippen molar-refractivity contribution < 1.29 is 27.5 Å². The summed E-state index contributed by atoms with van der Waals surface area (Å²) in [4.78, 5) is 14.9. The van der Waals surface area contributed by atoms with E-state index in [0.717, 1.165) is 6.07 Å². The van der Waals surface area contributed by atoms with Crippen LogP contribution in [0, 0.1) is 23.4 Å². The van der Waals surface area contributed by atoms with Crippen LogP contribution in [-0.4, -0.2) is 16.0 Å². The highest BCUT2D eigenvalue weighted by Gasteiger charge is 2.22. The van der Waals surface area contributed by atoms with Crippen molar-refractivity contribution in [2.45, 2.75) is 0 Å². The van der Waals surface area contributed by atoms with Gasteiger partial charge in [0, 0.05) is 0 Å². The van der Waals surface area contributed by atoms with Crippen LogP contribution < -0.4 is 5.32 Å². The summed E-state index contributed by atoms with van der Waals surface area (Å²) in [7, 11) is 0. The number of halogens is 4. The van der Waals surface area contributed by atoms with Gasteiger partial charge in [0.15, 0.2) is 17.4 Å². The molecule has 0 radical (unpaired) electrons.